The van der Waals surface area contributed by atoms with Gasteiger partial charge in [-0.25, -0.2) is 9.37 Å². The van der Waals surface area contributed by atoms with E-state index < -0.39 is 28.9 Å². The SMILES string of the molecule is CC(C[S+](C)[O-])C(=O)N(C)c1sc(-c2cncc(F)c2)nc1F. The van der Waals surface area contributed by atoms with Crippen LogP contribution >= 0.6 is 11.3 Å². The topological polar surface area (TPSA) is 69.2 Å². The molecule has 2 aromatic rings. The van der Waals surface area contributed by atoms with Crippen LogP contribution in [0.2, 0.25) is 0 Å². The number of thiazole rings is 1. The lowest BCUT2D eigenvalue weighted by molar-refractivity contribution is -0.121. The molecule has 0 aliphatic rings. The number of rotatable bonds is 5. The molecule has 0 fully saturated rings. The van der Waals surface area contributed by atoms with Crippen molar-refractivity contribution in [3.63, 3.8) is 0 Å². The summed E-state index contributed by atoms with van der Waals surface area (Å²) in [4.78, 5) is 20.8. The van der Waals surface area contributed by atoms with Gasteiger partial charge in [-0.15, -0.1) is 0 Å². The van der Waals surface area contributed by atoms with Crippen LogP contribution in [-0.2, 0) is 16.0 Å². The highest BCUT2D eigenvalue weighted by Gasteiger charge is 2.26. The first-order valence-corrected chi connectivity index (χ1v) is 9.18. The summed E-state index contributed by atoms with van der Waals surface area (Å²) < 4.78 is 38.5. The van der Waals surface area contributed by atoms with Gasteiger partial charge < -0.3 is 9.45 Å². The number of halogens is 2. The predicted molar refractivity (Wildman–Crippen MR) is 86.8 cm³/mol. The van der Waals surface area contributed by atoms with Gasteiger partial charge in [0.25, 0.3) is 0 Å². The number of aromatic nitrogens is 2. The molecule has 124 valence electrons. The average Bonchev–Trinajstić information content (AvgIpc) is 2.87. The predicted octanol–water partition coefficient (Wildman–Crippen LogP) is 2.46. The van der Waals surface area contributed by atoms with E-state index in [2.05, 4.69) is 9.97 Å². The summed E-state index contributed by atoms with van der Waals surface area (Å²) in [5.41, 5.74) is 0.337. The summed E-state index contributed by atoms with van der Waals surface area (Å²) in [5, 5.41) is 0.263. The monoisotopic (exact) mass is 359 g/mol. The van der Waals surface area contributed by atoms with Crippen molar-refractivity contribution in [2.45, 2.75) is 6.92 Å². The van der Waals surface area contributed by atoms with Crippen LogP contribution in [0.5, 0.6) is 0 Å². The normalized spacial score (nSPS) is 13.7. The molecule has 0 aliphatic heterocycles. The minimum Gasteiger partial charge on any atom is -0.617 e. The van der Waals surface area contributed by atoms with Crippen LogP contribution in [0.25, 0.3) is 10.6 Å². The lowest BCUT2D eigenvalue weighted by atomic mass is 10.2. The maximum atomic E-state index is 14.1. The molecular formula is C14H15F2N3O2S2. The van der Waals surface area contributed by atoms with Crippen molar-refractivity contribution in [3.8, 4) is 10.6 Å². The summed E-state index contributed by atoms with van der Waals surface area (Å²) in [6.07, 6.45) is 3.92. The van der Waals surface area contributed by atoms with Crippen molar-refractivity contribution >= 4 is 33.4 Å². The van der Waals surface area contributed by atoms with Gasteiger partial charge in [0.2, 0.25) is 11.9 Å². The van der Waals surface area contributed by atoms with E-state index >= 15 is 0 Å². The van der Waals surface area contributed by atoms with E-state index in [4.69, 9.17) is 0 Å². The van der Waals surface area contributed by atoms with Gasteiger partial charge in [0.05, 0.1) is 18.4 Å². The van der Waals surface area contributed by atoms with Crippen molar-refractivity contribution in [2.24, 2.45) is 5.92 Å². The molecule has 2 heterocycles. The maximum Gasteiger partial charge on any atom is 0.248 e. The number of hydrogen-bond donors (Lipinski definition) is 0. The molecule has 0 radical (unpaired) electrons. The minimum absolute atomic E-state index is 0.0306. The third kappa shape index (κ3) is 4.24. The molecule has 2 atom stereocenters. The average molecular weight is 359 g/mol. The van der Waals surface area contributed by atoms with Crippen LogP contribution in [0.15, 0.2) is 18.5 Å². The molecular weight excluding hydrogens is 344 g/mol. The maximum absolute atomic E-state index is 14.1. The Morgan fingerprint density at radius 3 is 2.78 bits per heavy atom. The number of anilines is 1. The van der Waals surface area contributed by atoms with E-state index in [1.165, 1.54) is 25.6 Å². The van der Waals surface area contributed by atoms with Gasteiger partial charge in [-0.3, -0.25) is 9.78 Å². The third-order valence-electron chi connectivity index (χ3n) is 3.06. The van der Waals surface area contributed by atoms with Crippen LogP contribution in [0, 0.1) is 17.7 Å². The van der Waals surface area contributed by atoms with Crippen molar-refractivity contribution in [3.05, 3.63) is 30.2 Å². The molecule has 9 heteroatoms. The van der Waals surface area contributed by atoms with E-state index in [9.17, 15) is 18.1 Å². The second-order valence-corrected chi connectivity index (χ2v) is 7.50. The Balaban J connectivity index is 2.25. The minimum atomic E-state index is -1.13. The zero-order valence-electron chi connectivity index (χ0n) is 12.7. The standard InChI is InChI=1S/C14H15F2N3O2S2/c1-8(7-23(3)21)13(20)19(2)14-11(16)18-12(22-14)9-4-10(15)6-17-5-9/h4-6,8H,7H2,1-3H3. The molecule has 0 N–H and O–H groups in total. The van der Waals surface area contributed by atoms with Crippen LogP contribution in [0.1, 0.15) is 6.92 Å². The number of pyridine rings is 1. The van der Waals surface area contributed by atoms with Gasteiger partial charge in [-0.1, -0.05) is 22.5 Å². The second-order valence-electron chi connectivity index (χ2n) is 5.04. The molecule has 0 aliphatic carbocycles. The van der Waals surface area contributed by atoms with Crippen LogP contribution in [-0.4, -0.2) is 39.5 Å². The first-order valence-electron chi connectivity index (χ1n) is 6.64. The van der Waals surface area contributed by atoms with Gasteiger partial charge in [0, 0.05) is 18.8 Å². The van der Waals surface area contributed by atoms with Crippen molar-refractivity contribution in [1.29, 1.82) is 0 Å². The van der Waals surface area contributed by atoms with Gasteiger partial charge in [0.15, 0.2) is 5.00 Å². The number of amides is 1. The number of carbonyl (C=O) groups is 1. The first-order chi connectivity index (χ1) is 10.8. The molecule has 2 unspecified atom stereocenters. The van der Waals surface area contributed by atoms with Crippen LogP contribution in [0.4, 0.5) is 13.8 Å². The quantitative estimate of drug-likeness (QED) is 0.769. The fraction of sp³-hybridized carbons (Fsp3) is 0.357. The van der Waals surface area contributed by atoms with Gasteiger partial charge in [0.1, 0.15) is 16.6 Å². The lowest BCUT2D eigenvalue weighted by Gasteiger charge is -2.19. The summed E-state index contributed by atoms with van der Waals surface area (Å²) in [6.45, 7) is 1.64. The van der Waals surface area contributed by atoms with Crippen molar-refractivity contribution in [1.82, 2.24) is 9.97 Å². The highest BCUT2D eigenvalue weighted by atomic mass is 32.2. The Hall–Kier alpha value is -1.58. The van der Waals surface area contributed by atoms with Gasteiger partial charge in [-0.2, -0.15) is 4.39 Å². The Labute approximate surface area is 139 Å². The van der Waals surface area contributed by atoms with Gasteiger partial charge in [-0.05, 0) is 13.0 Å². The van der Waals surface area contributed by atoms with Crippen molar-refractivity contribution in [2.75, 3.05) is 24.0 Å². The fourth-order valence-electron chi connectivity index (χ4n) is 2.01. The van der Waals surface area contributed by atoms with Gasteiger partial charge >= 0.3 is 0 Å². The Morgan fingerprint density at radius 1 is 1.48 bits per heavy atom. The Morgan fingerprint density at radius 2 is 2.17 bits per heavy atom. The van der Waals surface area contributed by atoms with Crippen LogP contribution in [0.3, 0.4) is 0 Å². The highest BCUT2D eigenvalue weighted by Crippen LogP contribution is 2.33. The van der Waals surface area contributed by atoms with E-state index in [0.29, 0.717) is 5.56 Å². The summed E-state index contributed by atoms with van der Waals surface area (Å²) in [5.74, 6) is -2.03. The van der Waals surface area contributed by atoms with Crippen molar-refractivity contribution < 1.29 is 18.1 Å². The largest absolute Gasteiger partial charge is 0.617 e. The summed E-state index contributed by atoms with van der Waals surface area (Å²) in [7, 11) is 1.43. The van der Waals surface area contributed by atoms with E-state index in [-0.39, 0.29) is 21.7 Å². The number of carbonyl (C=O) groups excluding carboxylic acids is 1. The second kappa shape index (κ2) is 7.33. The molecule has 2 aromatic heterocycles. The molecule has 0 aromatic carbocycles. The first kappa shape index (κ1) is 17.8. The van der Waals surface area contributed by atoms with E-state index in [0.717, 1.165) is 22.4 Å². The molecule has 23 heavy (non-hydrogen) atoms. The molecule has 0 bridgehead atoms. The molecule has 5 nitrogen and oxygen atoms in total. The highest BCUT2D eigenvalue weighted by molar-refractivity contribution is 7.90. The fourth-order valence-corrected chi connectivity index (χ4v) is 3.75. The van der Waals surface area contributed by atoms with Crippen LogP contribution < -0.4 is 4.90 Å². The number of hydrogen-bond acceptors (Lipinski definition) is 5. The smallest absolute Gasteiger partial charge is 0.248 e. The summed E-state index contributed by atoms with van der Waals surface area (Å²) in [6, 6.07) is 1.19. The molecule has 0 saturated heterocycles. The lowest BCUT2D eigenvalue weighted by Crippen LogP contribution is -2.34. The Kier molecular flexibility index (Phi) is 5.66. The molecule has 0 spiro atoms. The zero-order chi connectivity index (χ0) is 17.1. The number of nitrogens with zero attached hydrogens (tertiary/aromatic N) is 3. The molecule has 1 amide bonds. The third-order valence-corrected chi connectivity index (χ3v) is 5.19. The zero-order valence-corrected chi connectivity index (χ0v) is 14.4. The molecule has 2 rings (SSSR count). The van der Waals surface area contributed by atoms with E-state index in [1.54, 1.807) is 6.92 Å². The van der Waals surface area contributed by atoms with E-state index in [1.807, 2.05) is 0 Å². The Bertz CT molecular complexity index is 709. The summed E-state index contributed by atoms with van der Waals surface area (Å²) >= 11 is -0.195. The molecule has 0 saturated carbocycles.